The van der Waals surface area contributed by atoms with E-state index in [0.29, 0.717) is 0 Å². The molecule has 0 aromatic carbocycles. The summed E-state index contributed by atoms with van der Waals surface area (Å²) in [5.74, 6) is 0. The van der Waals surface area contributed by atoms with Crippen LogP contribution in [0.5, 0.6) is 0 Å². The summed E-state index contributed by atoms with van der Waals surface area (Å²) in [5, 5.41) is 8.00. The van der Waals surface area contributed by atoms with Gasteiger partial charge in [-0.3, -0.25) is 9.67 Å². The zero-order valence-electron chi connectivity index (χ0n) is 12.0. The van der Waals surface area contributed by atoms with Gasteiger partial charge >= 0.3 is 0 Å². The molecule has 0 fully saturated rings. The van der Waals surface area contributed by atoms with Crippen LogP contribution < -0.4 is 5.32 Å². The Morgan fingerprint density at radius 2 is 2.05 bits per heavy atom. The summed E-state index contributed by atoms with van der Waals surface area (Å²) in [4.78, 5) is 4.30. The van der Waals surface area contributed by atoms with E-state index in [9.17, 15) is 0 Å². The summed E-state index contributed by atoms with van der Waals surface area (Å²) < 4.78 is 2.07. The number of pyridine rings is 1. The lowest BCUT2D eigenvalue weighted by Gasteiger charge is -2.06. The molecule has 0 saturated heterocycles. The molecular weight excluding hydrogens is 236 g/mol. The van der Waals surface area contributed by atoms with E-state index in [-0.39, 0.29) is 0 Å². The van der Waals surface area contributed by atoms with Crippen LogP contribution in [0.3, 0.4) is 0 Å². The monoisotopic (exact) mass is 258 g/mol. The zero-order valence-corrected chi connectivity index (χ0v) is 12.0. The second kappa shape index (κ2) is 6.48. The maximum Gasteiger partial charge on any atom is 0.0625 e. The highest BCUT2D eigenvalue weighted by atomic mass is 15.3. The molecular formula is C15H22N4. The SMILES string of the molecule is CCc1cc(CNCc2ccc(C)nc2)n(CC)n1. The topological polar surface area (TPSA) is 42.7 Å². The van der Waals surface area contributed by atoms with Crippen molar-refractivity contribution in [3.8, 4) is 0 Å². The number of rotatable bonds is 6. The minimum Gasteiger partial charge on any atom is -0.307 e. The third-order valence-electron chi connectivity index (χ3n) is 3.18. The van der Waals surface area contributed by atoms with E-state index in [1.165, 1.54) is 11.3 Å². The van der Waals surface area contributed by atoms with E-state index >= 15 is 0 Å². The van der Waals surface area contributed by atoms with Crippen molar-refractivity contribution in [1.29, 1.82) is 0 Å². The second-order valence-electron chi connectivity index (χ2n) is 4.71. The fourth-order valence-electron chi connectivity index (χ4n) is 2.04. The molecule has 0 atom stereocenters. The van der Waals surface area contributed by atoms with Crippen molar-refractivity contribution in [2.75, 3.05) is 0 Å². The van der Waals surface area contributed by atoms with Crippen molar-refractivity contribution in [2.45, 2.75) is 46.8 Å². The molecule has 2 rings (SSSR count). The van der Waals surface area contributed by atoms with Gasteiger partial charge in [0.1, 0.15) is 0 Å². The summed E-state index contributed by atoms with van der Waals surface area (Å²) in [5.41, 5.74) is 4.68. The Kier molecular flexibility index (Phi) is 4.68. The van der Waals surface area contributed by atoms with Gasteiger partial charge in [0.2, 0.25) is 0 Å². The van der Waals surface area contributed by atoms with Gasteiger partial charge in [0, 0.05) is 31.5 Å². The van der Waals surface area contributed by atoms with Gasteiger partial charge in [-0.1, -0.05) is 13.0 Å². The van der Waals surface area contributed by atoms with Crippen LogP contribution in [-0.4, -0.2) is 14.8 Å². The average molecular weight is 258 g/mol. The van der Waals surface area contributed by atoms with E-state index in [1.807, 2.05) is 19.2 Å². The van der Waals surface area contributed by atoms with Crippen LogP contribution >= 0.6 is 0 Å². The molecule has 0 aliphatic carbocycles. The Labute approximate surface area is 114 Å². The van der Waals surface area contributed by atoms with Crippen molar-refractivity contribution >= 4 is 0 Å². The van der Waals surface area contributed by atoms with Gasteiger partial charge < -0.3 is 5.32 Å². The summed E-state index contributed by atoms with van der Waals surface area (Å²) in [7, 11) is 0. The van der Waals surface area contributed by atoms with Crippen LogP contribution in [0.2, 0.25) is 0 Å². The number of nitrogens with one attached hydrogen (secondary N) is 1. The minimum absolute atomic E-state index is 0.837. The van der Waals surface area contributed by atoms with E-state index in [2.05, 4.69) is 46.1 Å². The zero-order chi connectivity index (χ0) is 13.7. The molecule has 4 nitrogen and oxygen atoms in total. The third kappa shape index (κ3) is 3.64. The van der Waals surface area contributed by atoms with Crippen LogP contribution in [0.25, 0.3) is 0 Å². The lowest BCUT2D eigenvalue weighted by atomic mass is 10.2. The Hall–Kier alpha value is -1.68. The first-order chi connectivity index (χ1) is 9.22. The molecule has 0 radical (unpaired) electrons. The van der Waals surface area contributed by atoms with E-state index < -0.39 is 0 Å². The molecule has 0 saturated carbocycles. The van der Waals surface area contributed by atoms with Gasteiger partial charge in [0.15, 0.2) is 0 Å². The molecule has 2 aromatic rings. The minimum atomic E-state index is 0.837. The highest BCUT2D eigenvalue weighted by Crippen LogP contribution is 2.06. The maximum absolute atomic E-state index is 4.55. The predicted molar refractivity (Wildman–Crippen MR) is 76.8 cm³/mol. The van der Waals surface area contributed by atoms with Gasteiger partial charge in [-0.25, -0.2) is 0 Å². The Morgan fingerprint density at radius 3 is 2.68 bits per heavy atom. The first-order valence-corrected chi connectivity index (χ1v) is 6.90. The van der Waals surface area contributed by atoms with Crippen LogP contribution in [0.4, 0.5) is 0 Å². The molecule has 0 aliphatic rings. The van der Waals surface area contributed by atoms with Crippen LogP contribution in [0, 0.1) is 6.92 Å². The second-order valence-corrected chi connectivity index (χ2v) is 4.71. The quantitative estimate of drug-likeness (QED) is 0.865. The number of nitrogens with zero attached hydrogens (tertiary/aromatic N) is 3. The smallest absolute Gasteiger partial charge is 0.0625 e. The standard InChI is InChI=1S/C15H22N4/c1-4-14-8-15(19(5-2)18-14)11-16-9-13-7-6-12(3)17-10-13/h6-8,10,16H,4-5,9,11H2,1-3H3. The highest BCUT2D eigenvalue weighted by molar-refractivity contribution is 5.14. The third-order valence-corrected chi connectivity index (χ3v) is 3.18. The van der Waals surface area contributed by atoms with Gasteiger partial charge in [-0.05, 0) is 38.0 Å². The summed E-state index contributed by atoms with van der Waals surface area (Å²) in [6, 6.07) is 6.34. The number of aromatic nitrogens is 3. The van der Waals surface area contributed by atoms with Crippen LogP contribution in [0.15, 0.2) is 24.4 Å². The number of aryl methyl sites for hydroxylation is 3. The molecule has 2 heterocycles. The summed E-state index contributed by atoms with van der Waals surface area (Å²) >= 11 is 0. The number of hydrogen-bond acceptors (Lipinski definition) is 3. The van der Waals surface area contributed by atoms with Crippen LogP contribution in [-0.2, 0) is 26.1 Å². The fraction of sp³-hybridized carbons (Fsp3) is 0.467. The Morgan fingerprint density at radius 1 is 1.21 bits per heavy atom. The molecule has 0 amide bonds. The predicted octanol–water partition coefficient (Wildman–Crippen LogP) is 2.46. The number of hydrogen-bond donors (Lipinski definition) is 1. The van der Waals surface area contributed by atoms with Crippen molar-refractivity contribution in [3.05, 3.63) is 47.0 Å². The van der Waals surface area contributed by atoms with E-state index in [4.69, 9.17) is 0 Å². The molecule has 2 aromatic heterocycles. The molecule has 0 spiro atoms. The molecule has 0 unspecified atom stereocenters. The van der Waals surface area contributed by atoms with Crippen molar-refractivity contribution < 1.29 is 0 Å². The highest BCUT2D eigenvalue weighted by Gasteiger charge is 2.05. The van der Waals surface area contributed by atoms with Crippen molar-refractivity contribution in [2.24, 2.45) is 0 Å². The lowest BCUT2D eigenvalue weighted by Crippen LogP contribution is -2.16. The lowest BCUT2D eigenvalue weighted by molar-refractivity contribution is 0.577. The van der Waals surface area contributed by atoms with Crippen molar-refractivity contribution in [3.63, 3.8) is 0 Å². The summed E-state index contributed by atoms with van der Waals surface area (Å²) in [6.45, 7) is 8.86. The molecule has 0 aliphatic heterocycles. The first-order valence-electron chi connectivity index (χ1n) is 6.90. The first kappa shape index (κ1) is 13.7. The van der Waals surface area contributed by atoms with Gasteiger partial charge in [-0.15, -0.1) is 0 Å². The van der Waals surface area contributed by atoms with Gasteiger partial charge in [0.05, 0.1) is 11.4 Å². The fourth-order valence-corrected chi connectivity index (χ4v) is 2.04. The summed E-state index contributed by atoms with van der Waals surface area (Å²) in [6.07, 6.45) is 2.92. The normalized spacial score (nSPS) is 10.9. The maximum atomic E-state index is 4.55. The molecule has 19 heavy (non-hydrogen) atoms. The average Bonchev–Trinajstić information content (AvgIpc) is 2.83. The van der Waals surface area contributed by atoms with Gasteiger partial charge in [-0.2, -0.15) is 5.10 Å². The van der Waals surface area contributed by atoms with Gasteiger partial charge in [0.25, 0.3) is 0 Å². The Bertz CT molecular complexity index is 513. The Balaban J connectivity index is 1.91. The van der Waals surface area contributed by atoms with Crippen molar-refractivity contribution in [1.82, 2.24) is 20.1 Å². The van der Waals surface area contributed by atoms with Crippen LogP contribution in [0.1, 0.15) is 36.5 Å². The molecule has 102 valence electrons. The van der Waals surface area contributed by atoms with E-state index in [0.717, 1.165) is 37.4 Å². The molecule has 4 heteroatoms. The molecule has 1 N–H and O–H groups in total. The molecule has 0 bridgehead atoms. The van der Waals surface area contributed by atoms with E-state index in [1.54, 1.807) is 0 Å². The largest absolute Gasteiger partial charge is 0.307 e.